The number of aromatic nitrogens is 1. The molecule has 20 heavy (non-hydrogen) atoms. The van der Waals surface area contributed by atoms with Crippen LogP contribution in [0.5, 0.6) is 5.75 Å². The van der Waals surface area contributed by atoms with Crippen molar-refractivity contribution in [1.82, 2.24) is 10.3 Å². The monoisotopic (exact) mass is 271 g/mol. The lowest BCUT2D eigenvalue weighted by atomic mass is 10.3. The second-order valence-corrected chi connectivity index (χ2v) is 4.20. The van der Waals surface area contributed by atoms with E-state index in [2.05, 4.69) is 15.6 Å². The first-order valence-corrected chi connectivity index (χ1v) is 6.32. The molecule has 0 atom stereocenters. The van der Waals surface area contributed by atoms with E-state index in [0.29, 0.717) is 18.0 Å². The quantitative estimate of drug-likeness (QED) is 0.841. The number of benzene rings is 1. The van der Waals surface area contributed by atoms with Crippen molar-refractivity contribution in [2.75, 3.05) is 19.0 Å². The van der Waals surface area contributed by atoms with Gasteiger partial charge in [-0.05, 0) is 24.3 Å². The molecular weight excluding hydrogens is 254 g/mol. The van der Waals surface area contributed by atoms with E-state index in [1.807, 2.05) is 36.4 Å². The highest BCUT2D eigenvalue weighted by Gasteiger charge is 2.03. The molecule has 2 rings (SSSR count). The highest BCUT2D eigenvalue weighted by Crippen LogP contribution is 2.16. The maximum Gasteiger partial charge on any atom is 0.238 e. The van der Waals surface area contributed by atoms with Gasteiger partial charge in [-0.2, -0.15) is 0 Å². The predicted molar refractivity (Wildman–Crippen MR) is 77.6 cm³/mol. The zero-order valence-corrected chi connectivity index (χ0v) is 11.3. The molecular formula is C15H17N3O2. The molecule has 0 aliphatic rings. The third kappa shape index (κ3) is 4.37. The Labute approximate surface area is 118 Å². The number of nitrogens with zero attached hydrogens (tertiary/aromatic N) is 1. The molecule has 2 aromatic rings. The van der Waals surface area contributed by atoms with Crippen LogP contribution >= 0.6 is 0 Å². The highest BCUT2D eigenvalue weighted by atomic mass is 16.5. The van der Waals surface area contributed by atoms with Crippen molar-refractivity contribution < 1.29 is 9.53 Å². The molecule has 0 unspecified atom stereocenters. The summed E-state index contributed by atoms with van der Waals surface area (Å²) in [5, 5.41) is 5.85. The average molecular weight is 271 g/mol. The number of rotatable bonds is 6. The maximum atomic E-state index is 11.8. The van der Waals surface area contributed by atoms with Crippen LogP contribution in [0.15, 0.2) is 48.7 Å². The van der Waals surface area contributed by atoms with Gasteiger partial charge >= 0.3 is 0 Å². The number of carbonyl (C=O) groups excluding carboxylic acids is 1. The molecule has 1 amide bonds. The van der Waals surface area contributed by atoms with Gasteiger partial charge in [-0.1, -0.05) is 12.1 Å². The highest BCUT2D eigenvalue weighted by molar-refractivity contribution is 5.92. The Morgan fingerprint density at radius 1 is 1.25 bits per heavy atom. The van der Waals surface area contributed by atoms with Crippen LogP contribution in [-0.4, -0.2) is 24.5 Å². The van der Waals surface area contributed by atoms with Gasteiger partial charge in [-0.15, -0.1) is 0 Å². The fraction of sp³-hybridized carbons (Fsp3) is 0.200. The van der Waals surface area contributed by atoms with Crippen molar-refractivity contribution in [3.05, 3.63) is 54.4 Å². The molecule has 104 valence electrons. The van der Waals surface area contributed by atoms with Gasteiger partial charge in [-0.25, -0.2) is 0 Å². The van der Waals surface area contributed by atoms with Crippen molar-refractivity contribution in [2.24, 2.45) is 0 Å². The van der Waals surface area contributed by atoms with Gasteiger partial charge in [0.15, 0.2) is 0 Å². The van der Waals surface area contributed by atoms with E-state index in [4.69, 9.17) is 4.74 Å². The summed E-state index contributed by atoms with van der Waals surface area (Å²) in [4.78, 5) is 15.9. The Balaban J connectivity index is 1.77. The molecule has 0 saturated heterocycles. The van der Waals surface area contributed by atoms with Crippen LogP contribution in [-0.2, 0) is 11.3 Å². The molecule has 0 bridgehead atoms. The number of carbonyl (C=O) groups is 1. The normalized spacial score (nSPS) is 10.1. The number of nitrogens with one attached hydrogen (secondary N) is 2. The van der Waals surface area contributed by atoms with Gasteiger partial charge in [0, 0.05) is 24.5 Å². The molecule has 0 radical (unpaired) electrons. The van der Waals surface area contributed by atoms with Crippen LogP contribution in [0, 0.1) is 0 Å². The SMILES string of the molecule is COc1cccc(NC(=O)CNCc2ccccn2)c1. The van der Waals surface area contributed by atoms with E-state index in [9.17, 15) is 4.79 Å². The summed E-state index contributed by atoms with van der Waals surface area (Å²) >= 11 is 0. The molecule has 2 N–H and O–H groups in total. The Morgan fingerprint density at radius 3 is 2.90 bits per heavy atom. The minimum atomic E-state index is -0.103. The first kappa shape index (κ1) is 14.0. The number of methoxy groups -OCH3 is 1. The summed E-state index contributed by atoms with van der Waals surface area (Å²) < 4.78 is 5.10. The summed E-state index contributed by atoms with van der Waals surface area (Å²) in [5.41, 5.74) is 1.62. The molecule has 0 aliphatic heterocycles. The van der Waals surface area contributed by atoms with Crippen LogP contribution in [0.4, 0.5) is 5.69 Å². The second kappa shape index (κ2) is 7.25. The van der Waals surface area contributed by atoms with Crippen molar-refractivity contribution in [2.45, 2.75) is 6.54 Å². The minimum absolute atomic E-state index is 0.103. The van der Waals surface area contributed by atoms with Crippen molar-refractivity contribution >= 4 is 11.6 Å². The van der Waals surface area contributed by atoms with Gasteiger partial charge < -0.3 is 15.4 Å². The van der Waals surface area contributed by atoms with E-state index in [0.717, 1.165) is 5.69 Å². The lowest BCUT2D eigenvalue weighted by molar-refractivity contribution is -0.115. The van der Waals surface area contributed by atoms with E-state index >= 15 is 0 Å². The smallest absolute Gasteiger partial charge is 0.238 e. The summed E-state index contributed by atoms with van der Waals surface area (Å²) in [6.07, 6.45) is 1.73. The maximum absolute atomic E-state index is 11.8. The number of ether oxygens (including phenoxy) is 1. The molecule has 5 heteroatoms. The van der Waals surface area contributed by atoms with Gasteiger partial charge in [-0.3, -0.25) is 9.78 Å². The number of hydrogen-bond acceptors (Lipinski definition) is 4. The van der Waals surface area contributed by atoms with Crippen LogP contribution in [0.2, 0.25) is 0 Å². The van der Waals surface area contributed by atoms with Gasteiger partial charge in [0.2, 0.25) is 5.91 Å². The van der Waals surface area contributed by atoms with Gasteiger partial charge in [0.25, 0.3) is 0 Å². The fourth-order valence-electron chi connectivity index (χ4n) is 1.71. The summed E-state index contributed by atoms with van der Waals surface area (Å²) in [7, 11) is 1.59. The minimum Gasteiger partial charge on any atom is -0.497 e. The Morgan fingerprint density at radius 2 is 2.15 bits per heavy atom. The molecule has 0 spiro atoms. The van der Waals surface area contributed by atoms with Crippen molar-refractivity contribution in [3.63, 3.8) is 0 Å². The number of hydrogen-bond donors (Lipinski definition) is 2. The van der Waals surface area contributed by atoms with Crippen LogP contribution in [0.3, 0.4) is 0 Å². The summed E-state index contributed by atoms with van der Waals surface area (Å²) in [6, 6.07) is 12.9. The van der Waals surface area contributed by atoms with Crippen LogP contribution in [0.1, 0.15) is 5.69 Å². The zero-order valence-electron chi connectivity index (χ0n) is 11.3. The molecule has 1 heterocycles. The average Bonchev–Trinajstić information content (AvgIpc) is 2.48. The molecule has 0 saturated carbocycles. The first-order chi connectivity index (χ1) is 9.78. The van der Waals surface area contributed by atoms with E-state index in [1.165, 1.54) is 0 Å². The Hall–Kier alpha value is -2.40. The molecule has 5 nitrogen and oxygen atoms in total. The van der Waals surface area contributed by atoms with E-state index < -0.39 is 0 Å². The number of amides is 1. The van der Waals surface area contributed by atoms with Crippen LogP contribution in [0.25, 0.3) is 0 Å². The fourth-order valence-corrected chi connectivity index (χ4v) is 1.71. The first-order valence-electron chi connectivity index (χ1n) is 6.32. The zero-order chi connectivity index (χ0) is 14.2. The number of anilines is 1. The third-order valence-corrected chi connectivity index (χ3v) is 2.67. The lowest BCUT2D eigenvalue weighted by Crippen LogP contribution is -2.27. The Kier molecular flexibility index (Phi) is 5.08. The molecule has 0 fully saturated rings. The third-order valence-electron chi connectivity index (χ3n) is 2.67. The van der Waals surface area contributed by atoms with Gasteiger partial charge in [0.05, 0.1) is 19.3 Å². The Bertz CT molecular complexity index is 558. The number of pyridine rings is 1. The molecule has 0 aliphatic carbocycles. The summed E-state index contributed by atoms with van der Waals surface area (Å²) in [5.74, 6) is 0.610. The molecule has 1 aromatic carbocycles. The standard InChI is InChI=1S/C15H17N3O2/c1-20-14-7-4-6-12(9-14)18-15(19)11-16-10-13-5-2-3-8-17-13/h2-9,16H,10-11H2,1H3,(H,18,19). The van der Waals surface area contributed by atoms with Crippen molar-refractivity contribution in [3.8, 4) is 5.75 Å². The van der Waals surface area contributed by atoms with Crippen LogP contribution < -0.4 is 15.4 Å². The lowest BCUT2D eigenvalue weighted by Gasteiger charge is -2.07. The van der Waals surface area contributed by atoms with Gasteiger partial charge in [0.1, 0.15) is 5.75 Å². The topological polar surface area (TPSA) is 63.2 Å². The van der Waals surface area contributed by atoms with E-state index in [-0.39, 0.29) is 12.5 Å². The second-order valence-electron chi connectivity index (χ2n) is 4.20. The molecule has 1 aromatic heterocycles. The van der Waals surface area contributed by atoms with E-state index in [1.54, 1.807) is 19.4 Å². The van der Waals surface area contributed by atoms with Crippen molar-refractivity contribution in [1.29, 1.82) is 0 Å². The summed E-state index contributed by atoms with van der Waals surface area (Å²) in [6.45, 7) is 0.792. The largest absolute Gasteiger partial charge is 0.497 e. The predicted octanol–water partition coefficient (Wildman–Crippen LogP) is 1.82.